The Morgan fingerprint density at radius 1 is 1.06 bits per heavy atom. The molecule has 0 radical (unpaired) electrons. The van der Waals surface area contributed by atoms with Crippen molar-refractivity contribution in [1.29, 1.82) is 0 Å². The number of hydrogen-bond donors (Lipinski definition) is 1. The maximum atomic E-state index is 13.3. The molecule has 2 aromatic rings. The summed E-state index contributed by atoms with van der Waals surface area (Å²) in [5.41, 5.74) is 1.24. The molecule has 0 unspecified atom stereocenters. The Balaban J connectivity index is 1.61. The highest BCUT2D eigenvalue weighted by Gasteiger charge is 2.40. The van der Waals surface area contributed by atoms with Gasteiger partial charge in [0, 0.05) is 37.1 Å². The van der Waals surface area contributed by atoms with Crippen LogP contribution in [-0.2, 0) is 14.3 Å². The van der Waals surface area contributed by atoms with Gasteiger partial charge in [-0.15, -0.1) is 11.3 Å². The smallest absolute Gasteiger partial charge is 0.278 e. The highest BCUT2D eigenvalue weighted by Crippen LogP contribution is 2.36. The highest BCUT2D eigenvalue weighted by atomic mass is 32.1. The van der Waals surface area contributed by atoms with E-state index in [0.29, 0.717) is 49.1 Å². The number of carbonyl (C=O) groups is 2. The summed E-state index contributed by atoms with van der Waals surface area (Å²) in [4.78, 5) is 30.8. The Morgan fingerprint density at radius 3 is 2.55 bits per heavy atom. The van der Waals surface area contributed by atoms with Crippen molar-refractivity contribution in [3.05, 3.63) is 46.3 Å². The average Bonchev–Trinajstić information content (AvgIpc) is 3.40. The Bertz CT molecular complexity index is 983. The van der Waals surface area contributed by atoms with Gasteiger partial charge in [0.2, 0.25) is 0 Å². The van der Waals surface area contributed by atoms with Crippen LogP contribution in [0.15, 0.2) is 41.4 Å². The third-order valence-corrected chi connectivity index (χ3v) is 6.23. The molecule has 31 heavy (non-hydrogen) atoms. The van der Waals surface area contributed by atoms with Gasteiger partial charge < -0.3 is 19.5 Å². The topological polar surface area (TPSA) is 80.3 Å². The van der Waals surface area contributed by atoms with Crippen LogP contribution in [0.3, 0.4) is 0 Å². The molecule has 0 saturated carbocycles. The number of nitrogens with one attached hydrogen (secondary N) is 1. The van der Waals surface area contributed by atoms with Gasteiger partial charge in [0.05, 0.1) is 38.7 Å². The van der Waals surface area contributed by atoms with E-state index in [0.717, 1.165) is 18.0 Å². The molecule has 164 valence electrons. The molecule has 0 atom stereocenters. The maximum absolute atomic E-state index is 13.3. The van der Waals surface area contributed by atoms with Gasteiger partial charge in [-0.25, -0.2) is 0 Å². The first kappa shape index (κ1) is 21.4. The minimum Gasteiger partial charge on any atom is -0.497 e. The first-order chi connectivity index (χ1) is 15.1. The molecular formula is C22H25N3O5S. The van der Waals surface area contributed by atoms with Crippen molar-refractivity contribution in [2.75, 3.05) is 58.9 Å². The van der Waals surface area contributed by atoms with Crippen LogP contribution in [0, 0.1) is 0 Å². The minimum atomic E-state index is -0.334. The second-order valence-corrected chi connectivity index (χ2v) is 8.08. The normalized spacial score (nSPS) is 17.4. The van der Waals surface area contributed by atoms with E-state index in [1.807, 2.05) is 17.5 Å². The third kappa shape index (κ3) is 4.43. The Labute approximate surface area is 185 Å². The van der Waals surface area contributed by atoms with Gasteiger partial charge in [-0.2, -0.15) is 0 Å². The molecule has 4 rings (SSSR count). The lowest BCUT2D eigenvalue weighted by Crippen LogP contribution is -2.43. The minimum absolute atomic E-state index is 0.262. The van der Waals surface area contributed by atoms with Crippen molar-refractivity contribution in [2.24, 2.45) is 0 Å². The lowest BCUT2D eigenvalue weighted by Gasteiger charge is -2.28. The van der Waals surface area contributed by atoms with Crippen LogP contribution in [-0.4, -0.2) is 75.2 Å². The number of amides is 2. The number of ether oxygens (including phenoxy) is 3. The monoisotopic (exact) mass is 443 g/mol. The third-order valence-electron chi connectivity index (χ3n) is 5.35. The molecule has 1 aromatic heterocycles. The molecule has 0 spiro atoms. The summed E-state index contributed by atoms with van der Waals surface area (Å²) in [6.45, 7) is 3.90. The number of nitrogens with zero attached hydrogens (tertiary/aromatic N) is 2. The molecule has 1 N–H and O–H groups in total. The van der Waals surface area contributed by atoms with Crippen molar-refractivity contribution >= 4 is 34.4 Å². The predicted molar refractivity (Wildman–Crippen MR) is 118 cm³/mol. The molecule has 1 saturated heterocycles. The van der Waals surface area contributed by atoms with Crippen molar-refractivity contribution in [3.8, 4) is 11.5 Å². The van der Waals surface area contributed by atoms with Gasteiger partial charge in [0.15, 0.2) is 0 Å². The number of benzene rings is 1. The van der Waals surface area contributed by atoms with Gasteiger partial charge in [0.1, 0.15) is 17.2 Å². The zero-order chi connectivity index (χ0) is 21.8. The van der Waals surface area contributed by atoms with Crippen LogP contribution >= 0.6 is 11.3 Å². The van der Waals surface area contributed by atoms with E-state index in [4.69, 9.17) is 14.2 Å². The van der Waals surface area contributed by atoms with Crippen LogP contribution in [0.2, 0.25) is 0 Å². The summed E-state index contributed by atoms with van der Waals surface area (Å²) in [6.07, 6.45) is 0. The fraction of sp³-hybridized carbons (Fsp3) is 0.364. The van der Waals surface area contributed by atoms with Crippen molar-refractivity contribution in [2.45, 2.75) is 0 Å². The number of rotatable bonds is 8. The van der Waals surface area contributed by atoms with E-state index in [-0.39, 0.29) is 17.5 Å². The maximum Gasteiger partial charge on any atom is 0.278 e. The van der Waals surface area contributed by atoms with Gasteiger partial charge in [-0.05, 0) is 23.6 Å². The van der Waals surface area contributed by atoms with Gasteiger partial charge in [0.25, 0.3) is 11.8 Å². The van der Waals surface area contributed by atoms with Crippen molar-refractivity contribution in [3.63, 3.8) is 0 Å². The van der Waals surface area contributed by atoms with E-state index < -0.39 is 0 Å². The predicted octanol–water partition coefficient (Wildman–Crippen LogP) is 2.29. The first-order valence-electron chi connectivity index (χ1n) is 10.1. The van der Waals surface area contributed by atoms with Gasteiger partial charge in [-0.3, -0.25) is 19.4 Å². The number of thiophene rings is 1. The SMILES string of the molecule is COc1ccc(NC2=C(c3cccs3)C(=O)N(CCN3CCOCC3)C2=O)c(OC)c1. The van der Waals surface area contributed by atoms with Crippen LogP contribution in [0.25, 0.3) is 5.57 Å². The molecular weight excluding hydrogens is 418 g/mol. The fourth-order valence-corrected chi connectivity index (χ4v) is 4.42. The van der Waals surface area contributed by atoms with E-state index >= 15 is 0 Å². The second kappa shape index (κ2) is 9.51. The van der Waals surface area contributed by atoms with E-state index in [1.165, 1.54) is 16.2 Å². The van der Waals surface area contributed by atoms with Gasteiger partial charge >= 0.3 is 0 Å². The van der Waals surface area contributed by atoms with Crippen LogP contribution < -0.4 is 14.8 Å². The number of methoxy groups -OCH3 is 2. The largest absolute Gasteiger partial charge is 0.497 e. The summed E-state index contributed by atoms with van der Waals surface area (Å²) in [5, 5.41) is 5.05. The summed E-state index contributed by atoms with van der Waals surface area (Å²) < 4.78 is 16.1. The molecule has 1 aromatic carbocycles. The zero-order valence-corrected chi connectivity index (χ0v) is 18.4. The van der Waals surface area contributed by atoms with Crippen molar-refractivity contribution in [1.82, 2.24) is 9.80 Å². The number of hydrogen-bond acceptors (Lipinski definition) is 8. The molecule has 1 fully saturated rings. The Kier molecular flexibility index (Phi) is 6.55. The van der Waals surface area contributed by atoms with Crippen LogP contribution in [0.1, 0.15) is 4.88 Å². The zero-order valence-electron chi connectivity index (χ0n) is 17.6. The summed E-state index contributed by atoms with van der Waals surface area (Å²) in [7, 11) is 3.12. The molecule has 2 aliphatic rings. The summed E-state index contributed by atoms with van der Waals surface area (Å²) in [6, 6.07) is 8.99. The Hall–Kier alpha value is -2.88. The number of anilines is 1. The van der Waals surface area contributed by atoms with E-state index in [9.17, 15) is 9.59 Å². The lowest BCUT2D eigenvalue weighted by molar-refractivity contribution is -0.137. The summed E-state index contributed by atoms with van der Waals surface area (Å²) in [5.74, 6) is 0.537. The van der Waals surface area contributed by atoms with E-state index in [1.54, 1.807) is 32.4 Å². The number of morpholine rings is 1. The van der Waals surface area contributed by atoms with E-state index in [2.05, 4.69) is 10.2 Å². The molecule has 0 bridgehead atoms. The molecule has 9 heteroatoms. The molecule has 2 aliphatic heterocycles. The quantitative estimate of drug-likeness (QED) is 0.627. The Morgan fingerprint density at radius 2 is 1.87 bits per heavy atom. The van der Waals surface area contributed by atoms with Gasteiger partial charge in [-0.1, -0.05) is 6.07 Å². The van der Waals surface area contributed by atoms with Crippen LogP contribution in [0.5, 0.6) is 11.5 Å². The van der Waals surface area contributed by atoms with Crippen LogP contribution in [0.4, 0.5) is 5.69 Å². The molecule has 0 aliphatic carbocycles. The number of imide groups is 1. The highest BCUT2D eigenvalue weighted by molar-refractivity contribution is 7.11. The molecule has 8 nitrogen and oxygen atoms in total. The average molecular weight is 444 g/mol. The first-order valence-corrected chi connectivity index (χ1v) is 10.9. The van der Waals surface area contributed by atoms with Crippen molar-refractivity contribution < 1.29 is 23.8 Å². The summed E-state index contributed by atoms with van der Waals surface area (Å²) >= 11 is 1.43. The molecule has 2 amide bonds. The lowest BCUT2D eigenvalue weighted by atomic mass is 10.1. The second-order valence-electron chi connectivity index (χ2n) is 7.13. The number of carbonyl (C=O) groups excluding carboxylic acids is 2. The molecule has 3 heterocycles. The standard InChI is InChI=1S/C22H25N3O5S/c1-28-15-5-6-16(17(14-15)29-2)23-20-19(18-4-3-13-31-18)21(26)25(22(20)27)8-7-24-9-11-30-12-10-24/h3-6,13-14,23H,7-12H2,1-2H3. The fourth-order valence-electron chi connectivity index (χ4n) is 3.65.